The molecule has 0 spiro atoms. The largest absolute Gasteiger partial charge is 0.480 e. The zero-order valence-corrected chi connectivity index (χ0v) is 11.4. The number of carboxylic acid groups (broad SMARTS) is 1. The van der Waals surface area contributed by atoms with Crippen LogP contribution in [0, 0.1) is 11.3 Å². The van der Waals surface area contributed by atoms with Crippen LogP contribution in [0.2, 0.25) is 5.02 Å². The Bertz CT molecular complexity index is 516. The second-order valence-corrected chi connectivity index (χ2v) is 5.05. The number of hydrogen-bond acceptors (Lipinski definition) is 4. The quantitative estimate of drug-likeness (QED) is 0.747. The summed E-state index contributed by atoms with van der Waals surface area (Å²) in [5.41, 5.74) is 1.30. The summed E-state index contributed by atoms with van der Waals surface area (Å²) in [6.45, 7) is 0. The predicted octanol–water partition coefficient (Wildman–Crippen LogP) is 1.64. The third-order valence-corrected chi connectivity index (χ3v) is 3.73. The Hall–Kier alpha value is -1.71. The number of halogens is 1. The van der Waals surface area contributed by atoms with Gasteiger partial charge in [-0.1, -0.05) is 17.7 Å². The van der Waals surface area contributed by atoms with Gasteiger partial charge in [-0.15, -0.1) is 0 Å². The molecule has 1 aromatic carbocycles. The van der Waals surface area contributed by atoms with E-state index in [-0.39, 0.29) is 5.75 Å². The van der Waals surface area contributed by atoms with E-state index in [1.165, 1.54) is 11.8 Å². The number of nitriles is 1. The number of nitrogens with one attached hydrogen (secondary N) is 1. The Labute approximate surface area is 119 Å². The number of carboxylic acids is 1. The molecule has 19 heavy (non-hydrogen) atoms. The molecule has 2 N–H and O–H groups in total. The lowest BCUT2D eigenvalue weighted by Gasteiger charge is -2.11. The minimum absolute atomic E-state index is 0.240. The second kappa shape index (κ2) is 7.67. The van der Waals surface area contributed by atoms with Crippen molar-refractivity contribution >= 4 is 35.7 Å². The van der Waals surface area contributed by atoms with Crippen molar-refractivity contribution in [2.75, 3.05) is 5.75 Å². The normalized spacial score (nSPS) is 11.4. The number of amides is 1. The van der Waals surface area contributed by atoms with Crippen LogP contribution >= 0.6 is 23.4 Å². The van der Waals surface area contributed by atoms with E-state index < -0.39 is 12.0 Å². The van der Waals surface area contributed by atoms with Crippen LogP contribution in [0.15, 0.2) is 18.2 Å². The third-order valence-electron chi connectivity index (χ3n) is 2.29. The molecule has 1 atom stereocenters. The molecular formula is C12H11ClN2O3S. The molecule has 0 radical (unpaired) electrons. The molecule has 0 aliphatic carbocycles. The minimum Gasteiger partial charge on any atom is -0.480 e. The topological polar surface area (TPSA) is 90.2 Å². The van der Waals surface area contributed by atoms with Crippen LogP contribution in [-0.2, 0) is 15.3 Å². The summed E-state index contributed by atoms with van der Waals surface area (Å²) >= 11 is 7.34. The van der Waals surface area contributed by atoms with Gasteiger partial charge < -0.3 is 10.4 Å². The lowest BCUT2D eigenvalue weighted by Crippen LogP contribution is -2.37. The van der Waals surface area contributed by atoms with Gasteiger partial charge >= 0.3 is 5.97 Å². The lowest BCUT2D eigenvalue weighted by molar-refractivity contribution is -0.139. The van der Waals surface area contributed by atoms with E-state index in [0.717, 1.165) is 5.56 Å². The first-order valence-electron chi connectivity index (χ1n) is 5.27. The first-order valence-corrected chi connectivity index (χ1v) is 6.80. The van der Waals surface area contributed by atoms with E-state index in [9.17, 15) is 9.59 Å². The second-order valence-electron chi connectivity index (χ2n) is 3.61. The number of carbonyl (C=O) groups excluding carboxylic acids is 1. The first kappa shape index (κ1) is 15.3. The van der Waals surface area contributed by atoms with Crippen LogP contribution in [0.25, 0.3) is 0 Å². The zero-order valence-electron chi connectivity index (χ0n) is 9.80. The van der Waals surface area contributed by atoms with Gasteiger partial charge in [-0.2, -0.15) is 17.0 Å². The zero-order chi connectivity index (χ0) is 14.3. The summed E-state index contributed by atoms with van der Waals surface area (Å²) < 4.78 is 0. The smallest absolute Gasteiger partial charge is 0.327 e. The van der Waals surface area contributed by atoms with Crippen molar-refractivity contribution in [3.63, 3.8) is 0 Å². The van der Waals surface area contributed by atoms with E-state index in [4.69, 9.17) is 22.0 Å². The first-order chi connectivity index (χ1) is 9.08. The summed E-state index contributed by atoms with van der Waals surface area (Å²) in [4.78, 5) is 21.0. The number of rotatable bonds is 7. The van der Waals surface area contributed by atoms with Crippen molar-refractivity contribution in [3.8, 4) is 6.07 Å². The molecule has 0 bridgehead atoms. The highest BCUT2D eigenvalue weighted by molar-refractivity contribution is 7.98. The highest BCUT2D eigenvalue weighted by Gasteiger charge is 2.16. The maximum atomic E-state index is 10.8. The molecule has 5 nitrogen and oxygen atoms in total. The molecule has 0 fully saturated rings. The number of hydrogen-bond donors (Lipinski definition) is 2. The minimum atomic E-state index is -1.08. The molecule has 0 saturated carbocycles. The predicted molar refractivity (Wildman–Crippen MR) is 73.0 cm³/mol. The van der Waals surface area contributed by atoms with Crippen LogP contribution < -0.4 is 5.32 Å². The Morgan fingerprint density at radius 2 is 2.37 bits per heavy atom. The number of benzene rings is 1. The van der Waals surface area contributed by atoms with Crippen molar-refractivity contribution in [2.45, 2.75) is 11.8 Å². The van der Waals surface area contributed by atoms with Gasteiger partial charge in [0, 0.05) is 16.5 Å². The van der Waals surface area contributed by atoms with Gasteiger partial charge in [0.2, 0.25) is 6.41 Å². The van der Waals surface area contributed by atoms with E-state index in [1.54, 1.807) is 18.2 Å². The third kappa shape index (κ3) is 4.81. The standard InChI is InChI=1S/C12H11ClN2O3S/c13-10-3-8(4-14)1-2-9(10)5-19-6-11(12(17)18)15-7-16/h1-3,7,11H,5-6H2,(H,15,16)(H,17,18). The fourth-order valence-corrected chi connectivity index (χ4v) is 2.68. The van der Waals surface area contributed by atoms with Crippen LogP contribution in [0.3, 0.4) is 0 Å². The van der Waals surface area contributed by atoms with Crippen molar-refractivity contribution in [1.29, 1.82) is 5.26 Å². The molecule has 0 aliphatic heterocycles. The van der Waals surface area contributed by atoms with Gasteiger partial charge in [-0.05, 0) is 17.7 Å². The van der Waals surface area contributed by atoms with Gasteiger partial charge in [-0.3, -0.25) is 4.79 Å². The van der Waals surface area contributed by atoms with E-state index in [1.807, 2.05) is 6.07 Å². The molecule has 7 heteroatoms. The average Bonchev–Trinajstić information content (AvgIpc) is 2.39. The Morgan fingerprint density at radius 3 is 2.89 bits per heavy atom. The van der Waals surface area contributed by atoms with Crippen molar-refractivity contribution in [3.05, 3.63) is 34.3 Å². The van der Waals surface area contributed by atoms with Crippen LogP contribution in [0.4, 0.5) is 0 Å². The van der Waals surface area contributed by atoms with Crippen molar-refractivity contribution < 1.29 is 14.7 Å². The SMILES string of the molecule is N#Cc1ccc(CSCC(NC=O)C(=O)O)c(Cl)c1. The number of nitrogens with zero attached hydrogens (tertiary/aromatic N) is 1. The molecule has 0 saturated heterocycles. The number of aliphatic carboxylic acids is 1. The summed E-state index contributed by atoms with van der Waals surface area (Å²) in [7, 11) is 0. The molecule has 1 aromatic rings. The van der Waals surface area contributed by atoms with E-state index >= 15 is 0 Å². The van der Waals surface area contributed by atoms with Crippen molar-refractivity contribution in [2.24, 2.45) is 0 Å². The summed E-state index contributed by atoms with van der Waals surface area (Å²) in [6, 6.07) is 6.02. The Morgan fingerprint density at radius 1 is 1.63 bits per heavy atom. The van der Waals surface area contributed by atoms with Crippen LogP contribution in [0.5, 0.6) is 0 Å². The van der Waals surface area contributed by atoms with Gasteiger partial charge in [0.05, 0.1) is 11.6 Å². The molecule has 100 valence electrons. The maximum absolute atomic E-state index is 10.8. The monoisotopic (exact) mass is 298 g/mol. The molecule has 1 unspecified atom stereocenters. The average molecular weight is 299 g/mol. The molecule has 0 aromatic heterocycles. The van der Waals surface area contributed by atoms with Gasteiger partial charge in [-0.25, -0.2) is 4.79 Å². The maximum Gasteiger partial charge on any atom is 0.327 e. The molecule has 1 amide bonds. The highest BCUT2D eigenvalue weighted by atomic mass is 35.5. The van der Waals surface area contributed by atoms with Gasteiger partial charge in [0.1, 0.15) is 6.04 Å². The van der Waals surface area contributed by atoms with Gasteiger partial charge in [0.15, 0.2) is 0 Å². The van der Waals surface area contributed by atoms with Crippen LogP contribution in [0.1, 0.15) is 11.1 Å². The van der Waals surface area contributed by atoms with E-state index in [2.05, 4.69) is 5.32 Å². The highest BCUT2D eigenvalue weighted by Crippen LogP contribution is 2.22. The molecule has 0 aliphatic rings. The molecule has 1 rings (SSSR count). The number of carbonyl (C=O) groups is 2. The van der Waals surface area contributed by atoms with E-state index in [0.29, 0.717) is 22.7 Å². The molecule has 0 heterocycles. The summed E-state index contributed by atoms with van der Waals surface area (Å²) in [6.07, 6.45) is 0.369. The fraction of sp³-hybridized carbons (Fsp3) is 0.250. The summed E-state index contributed by atoms with van der Waals surface area (Å²) in [5, 5.41) is 20.2. The van der Waals surface area contributed by atoms with Crippen molar-refractivity contribution in [1.82, 2.24) is 5.32 Å². The molecular weight excluding hydrogens is 288 g/mol. The Kier molecular flexibility index (Phi) is 6.19. The van der Waals surface area contributed by atoms with Crippen LogP contribution in [-0.4, -0.2) is 29.3 Å². The summed E-state index contributed by atoms with van der Waals surface area (Å²) in [5.74, 6) is -0.329. The van der Waals surface area contributed by atoms with Gasteiger partial charge in [0.25, 0.3) is 0 Å². The Balaban J connectivity index is 2.55. The number of thioether (sulfide) groups is 1. The lowest BCUT2D eigenvalue weighted by atomic mass is 10.2. The fourth-order valence-electron chi connectivity index (χ4n) is 1.29.